The zero-order valence-corrected chi connectivity index (χ0v) is 13.1. The van der Waals surface area contributed by atoms with E-state index in [0.717, 1.165) is 19.4 Å². The Bertz CT molecular complexity index is 483. The van der Waals surface area contributed by atoms with Gasteiger partial charge in [0.2, 0.25) is 0 Å². The maximum Gasteiger partial charge on any atom is 0.251 e. The van der Waals surface area contributed by atoms with Gasteiger partial charge in [0.05, 0.1) is 12.9 Å². The quantitative estimate of drug-likeness (QED) is 0.840. The standard InChI is InChI=1S/C17H25NO4/c1-12(22-11-13-6-7-13)17(20)18-8-2-4-14(18)10-15(19)16-5-3-9-21-16/h3,5,9,12-15,19H,2,4,6-8,10-11H2,1H3. The van der Waals surface area contributed by atoms with Crippen LogP contribution in [0.3, 0.4) is 0 Å². The summed E-state index contributed by atoms with van der Waals surface area (Å²) in [6, 6.07) is 3.61. The van der Waals surface area contributed by atoms with Crippen LogP contribution in [0.5, 0.6) is 0 Å². The molecule has 5 nitrogen and oxygen atoms in total. The minimum absolute atomic E-state index is 0.0507. The number of ether oxygens (including phenoxy) is 1. The Morgan fingerprint density at radius 2 is 2.32 bits per heavy atom. The lowest BCUT2D eigenvalue weighted by Gasteiger charge is -2.28. The molecule has 1 saturated carbocycles. The summed E-state index contributed by atoms with van der Waals surface area (Å²) in [7, 11) is 0. The number of furan rings is 1. The average Bonchev–Trinajstić information content (AvgIpc) is 3.00. The molecular formula is C17H25NO4. The molecule has 0 radical (unpaired) electrons. The van der Waals surface area contributed by atoms with Crippen molar-refractivity contribution in [3.05, 3.63) is 24.2 Å². The lowest BCUT2D eigenvalue weighted by atomic mass is 10.0. The average molecular weight is 307 g/mol. The molecule has 3 unspecified atom stereocenters. The van der Waals surface area contributed by atoms with Crippen LogP contribution in [0, 0.1) is 5.92 Å². The lowest BCUT2D eigenvalue weighted by molar-refractivity contribution is -0.144. The third-order valence-corrected chi connectivity index (χ3v) is 4.65. The maximum absolute atomic E-state index is 12.6. The molecule has 0 bridgehead atoms. The summed E-state index contributed by atoms with van der Waals surface area (Å²) in [5, 5.41) is 10.2. The molecule has 1 N–H and O–H groups in total. The van der Waals surface area contributed by atoms with Gasteiger partial charge < -0.3 is 19.2 Å². The third-order valence-electron chi connectivity index (χ3n) is 4.65. The van der Waals surface area contributed by atoms with Crippen LogP contribution >= 0.6 is 0 Å². The predicted molar refractivity (Wildman–Crippen MR) is 81.2 cm³/mol. The van der Waals surface area contributed by atoms with Gasteiger partial charge >= 0.3 is 0 Å². The molecule has 2 heterocycles. The van der Waals surface area contributed by atoms with Crippen LogP contribution < -0.4 is 0 Å². The molecule has 1 amide bonds. The first-order valence-electron chi connectivity index (χ1n) is 8.28. The SMILES string of the molecule is CC(OCC1CC1)C(=O)N1CCCC1CC(O)c1ccco1. The molecule has 1 saturated heterocycles. The fourth-order valence-electron chi connectivity index (χ4n) is 3.10. The third kappa shape index (κ3) is 3.70. The molecule has 3 rings (SSSR count). The van der Waals surface area contributed by atoms with Crippen LogP contribution in [0.2, 0.25) is 0 Å². The van der Waals surface area contributed by atoms with E-state index in [-0.39, 0.29) is 18.1 Å². The number of amides is 1. The molecule has 22 heavy (non-hydrogen) atoms. The second-order valence-corrected chi connectivity index (χ2v) is 6.51. The Labute approximate surface area is 131 Å². The van der Waals surface area contributed by atoms with E-state index in [2.05, 4.69) is 0 Å². The van der Waals surface area contributed by atoms with E-state index in [9.17, 15) is 9.90 Å². The fraction of sp³-hybridized carbons (Fsp3) is 0.706. The molecule has 2 fully saturated rings. The van der Waals surface area contributed by atoms with Crippen molar-refractivity contribution in [2.24, 2.45) is 5.92 Å². The fourth-order valence-corrected chi connectivity index (χ4v) is 3.10. The van der Waals surface area contributed by atoms with Gasteiger partial charge in [-0.25, -0.2) is 0 Å². The monoisotopic (exact) mass is 307 g/mol. The van der Waals surface area contributed by atoms with Crippen molar-refractivity contribution in [3.8, 4) is 0 Å². The van der Waals surface area contributed by atoms with Gasteiger partial charge in [-0.15, -0.1) is 0 Å². The Hall–Kier alpha value is -1.33. The van der Waals surface area contributed by atoms with Gasteiger partial charge in [-0.3, -0.25) is 4.79 Å². The Balaban J connectivity index is 1.53. The van der Waals surface area contributed by atoms with Crippen molar-refractivity contribution in [2.45, 2.75) is 57.3 Å². The topological polar surface area (TPSA) is 62.9 Å². The number of nitrogens with zero attached hydrogens (tertiary/aromatic N) is 1. The highest BCUT2D eigenvalue weighted by molar-refractivity contribution is 5.81. The molecule has 1 aromatic rings. The normalized spacial score (nSPS) is 24.5. The van der Waals surface area contributed by atoms with Gasteiger partial charge in [-0.2, -0.15) is 0 Å². The summed E-state index contributed by atoms with van der Waals surface area (Å²) in [4.78, 5) is 14.4. The van der Waals surface area contributed by atoms with Crippen molar-refractivity contribution in [1.82, 2.24) is 4.90 Å². The molecule has 2 aliphatic rings. The van der Waals surface area contributed by atoms with Crippen LogP contribution in [0.25, 0.3) is 0 Å². The van der Waals surface area contributed by atoms with E-state index >= 15 is 0 Å². The number of rotatable bonds is 7. The molecule has 0 spiro atoms. The molecule has 1 aliphatic carbocycles. The summed E-state index contributed by atoms with van der Waals surface area (Å²) >= 11 is 0. The molecule has 3 atom stereocenters. The molecule has 5 heteroatoms. The van der Waals surface area contributed by atoms with E-state index in [1.807, 2.05) is 11.8 Å². The van der Waals surface area contributed by atoms with Gasteiger partial charge in [-0.05, 0) is 50.7 Å². The second kappa shape index (κ2) is 6.84. The van der Waals surface area contributed by atoms with Crippen molar-refractivity contribution in [2.75, 3.05) is 13.2 Å². The summed E-state index contributed by atoms with van der Waals surface area (Å²) < 4.78 is 10.9. The number of hydrogen-bond donors (Lipinski definition) is 1. The van der Waals surface area contributed by atoms with Gasteiger partial charge in [0, 0.05) is 19.0 Å². The van der Waals surface area contributed by atoms with Crippen LogP contribution in [-0.2, 0) is 9.53 Å². The Morgan fingerprint density at radius 3 is 3.00 bits per heavy atom. The van der Waals surface area contributed by atoms with Gasteiger partial charge in [0.1, 0.15) is 18.0 Å². The van der Waals surface area contributed by atoms with Gasteiger partial charge in [0.25, 0.3) is 5.91 Å². The van der Waals surface area contributed by atoms with Crippen molar-refractivity contribution in [3.63, 3.8) is 0 Å². The Morgan fingerprint density at radius 1 is 1.50 bits per heavy atom. The molecule has 0 aromatic carbocycles. The van der Waals surface area contributed by atoms with Crippen molar-refractivity contribution in [1.29, 1.82) is 0 Å². The van der Waals surface area contributed by atoms with E-state index in [0.29, 0.717) is 24.7 Å². The first-order valence-corrected chi connectivity index (χ1v) is 8.28. The predicted octanol–water partition coefficient (Wildman–Crippen LogP) is 2.51. The highest BCUT2D eigenvalue weighted by Gasteiger charge is 2.34. The summed E-state index contributed by atoms with van der Waals surface area (Å²) in [5.41, 5.74) is 0. The largest absolute Gasteiger partial charge is 0.467 e. The van der Waals surface area contributed by atoms with E-state index in [1.54, 1.807) is 18.4 Å². The first kappa shape index (κ1) is 15.6. The maximum atomic E-state index is 12.6. The summed E-state index contributed by atoms with van der Waals surface area (Å²) in [6.07, 6.45) is 5.40. The highest BCUT2D eigenvalue weighted by atomic mass is 16.5. The number of likely N-dealkylation sites (tertiary alicyclic amines) is 1. The zero-order valence-electron chi connectivity index (χ0n) is 13.1. The Kier molecular flexibility index (Phi) is 4.84. The minimum Gasteiger partial charge on any atom is -0.467 e. The van der Waals surface area contributed by atoms with Crippen molar-refractivity contribution < 1.29 is 19.1 Å². The molecule has 122 valence electrons. The lowest BCUT2D eigenvalue weighted by Crippen LogP contribution is -2.42. The first-order chi connectivity index (χ1) is 10.6. The summed E-state index contributed by atoms with van der Waals surface area (Å²) in [5.74, 6) is 1.28. The van der Waals surface area contributed by atoms with Gasteiger partial charge in [0.15, 0.2) is 0 Å². The van der Waals surface area contributed by atoms with E-state index in [1.165, 1.54) is 12.8 Å². The number of aliphatic hydroxyl groups is 1. The van der Waals surface area contributed by atoms with Crippen molar-refractivity contribution >= 4 is 5.91 Å². The number of aliphatic hydroxyl groups excluding tert-OH is 1. The highest BCUT2D eigenvalue weighted by Crippen LogP contribution is 2.30. The summed E-state index contributed by atoms with van der Waals surface area (Å²) in [6.45, 7) is 3.29. The van der Waals surface area contributed by atoms with Crippen LogP contribution in [-0.4, -0.2) is 41.2 Å². The molecule has 1 aliphatic heterocycles. The van der Waals surface area contributed by atoms with Crippen LogP contribution in [0.1, 0.15) is 50.9 Å². The zero-order chi connectivity index (χ0) is 15.5. The van der Waals surface area contributed by atoms with Crippen LogP contribution in [0.15, 0.2) is 22.8 Å². The number of carbonyl (C=O) groups excluding carboxylic acids is 1. The van der Waals surface area contributed by atoms with E-state index in [4.69, 9.17) is 9.15 Å². The molecule has 1 aromatic heterocycles. The minimum atomic E-state index is -0.656. The number of hydrogen-bond acceptors (Lipinski definition) is 4. The van der Waals surface area contributed by atoms with E-state index < -0.39 is 6.10 Å². The van der Waals surface area contributed by atoms with Gasteiger partial charge in [-0.1, -0.05) is 0 Å². The molecular weight excluding hydrogens is 282 g/mol. The second-order valence-electron chi connectivity index (χ2n) is 6.51. The van der Waals surface area contributed by atoms with Crippen LogP contribution in [0.4, 0.5) is 0 Å². The smallest absolute Gasteiger partial charge is 0.251 e. The number of carbonyl (C=O) groups is 1.